The van der Waals surface area contributed by atoms with Crippen LogP contribution in [0.25, 0.3) is 0 Å². The first-order valence-electron chi connectivity index (χ1n) is 12.6. The molecule has 0 unspecified atom stereocenters. The summed E-state index contributed by atoms with van der Waals surface area (Å²) in [7, 11) is 0. The van der Waals surface area contributed by atoms with Crippen molar-refractivity contribution in [1.82, 2.24) is 15.3 Å². The molecule has 2 aromatic rings. The number of alkyl carbamates (subject to hydrolysis) is 1. The number of benzene rings is 1. The van der Waals surface area contributed by atoms with Gasteiger partial charge in [0.2, 0.25) is 0 Å². The molecule has 2 saturated heterocycles. The van der Waals surface area contributed by atoms with E-state index in [1.54, 1.807) is 11.8 Å². The molecule has 0 aliphatic carbocycles. The molecule has 36 heavy (non-hydrogen) atoms. The van der Waals surface area contributed by atoms with Crippen LogP contribution in [0.2, 0.25) is 0 Å². The van der Waals surface area contributed by atoms with Crippen LogP contribution in [-0.4, -0.2) is 66.7 Å². The third-order valence-corrected chi connectivity index (χ3v) is 7.95. The SMILES string of the molecule is C[C@@H]1OCC2(CCN(c3cnc(Sc4cccc5c4OCCN5)cn3)CC2)[C@@H]1NC(=O)OC(C)(C)C. The summed E-state index contributed by atoms with van der Waals surface area (Å²) in [6, 6.07) is 6.02. The Hall–Kier alpha value is -2.72. The van der Waals surface area contributed by atoms with Gasteiger partial charge < -0.3 is 29.7 Å². The van der Waals surface area contributed by atoms with Crippen molar-refractivity contribution in [3.05, 3.63) is 30.6 Å². The van der Waals surface area contributed by atoms with Gasteiger partial charge in [0.15, 0.2) is 5.75 Å². The second-order valence-corrected chi connectivity index (χ2v) is 11.8. The Labute approximate surface area is 216 Å². The molecule has 2 fully saturated rings. The van der Waals surface area contributed by atoms with Crippen LogP contribution >= 0.6 is 11.8 Å². The summed E-state index contributed by atoms with van der Waals surface area (Å²) >= 11 is 1.56. The summed E-state index contributed by atoms with van der Waals surface area (Å²) in [5.74, 6) is 1.74. The Morgan fingerprint density at radius 2 is 2.06 bits per heavy atom. The monoisotopic (exact) mass is 513 g/mol. The van der Waals surface area contributed by atoms with Crippen LogP contribution in [0.4, 0.5) is 16.3 Å². The first-order chi connectivity index (χ1) is 17.2. The lowest BCUT2D eigenvalue weighted by molar-refractivity contribution is 0.0434. The number of piperidine rings is 1. The van der Waals surface area contributed by atoms with E-state index in [-0.39, 0.29) is 23.7 Å². The number of ether oxygens (including phenoxy) is 3. The molecule has 9 nitrogen and oxygen atoms in total. The molecule has 2 N–H and O–H groups in total. The minimum atomic E-state index is -0.532. The maximum atomic E-state index is 12.5. The third-order valence-electron chi connectivity index (χ3n) is 6.99. The number of nitrogens with zero attached hydrogens (tertiary/aromatic N) is 3. The molecule has 3 aliphatic heterocycles. The lowest BCUT2D eigenvalue weighted by Gasteiger charge is -2.42. The van der Waals surface area contributed by atoms with Crippen LogP contribution in [0, 0.1) is 5.41 Å². The highest BCUT2D eigenvalue weighted by atomic mass is 32.2. The minimum Gasteiger partial charge on any atom is -0.488 e. The fourth-order valence-corrected chi connectivity index (χ4v) is 6.03. The molecule has 1 aromatic heterocycles. The van der Waals surface area contributed by atoms with Gasteiger partial charge in [-0.25, -0.2) is 14.8 Å². The van der Waals surface area contributed by atoms with Crippen molar-refractivity contribution in [2.45, 2.75) is 68.2 Å². The number of aromatic nitrogens is 2. The molecule has 1 amide bonds. The average Bonchev–Trinajstić information content (AvgIpc) is 3.14. The zero-order chi connectivity index (χ0) is 25.3. The summed E-state index contributed by atoms with van der Waals surface area (Å²) in [6.07, 6.45) is 5.04. The molecule has 1 spiro atoms. The van der Waals surface area contributed by atoms with E-state index in [1.165, 1.54) is 0 Å². The lowest BCUT2D eigenvalue weighted by Crippen LogP contribution is -2.55. The van der Waals surface area contributed by atoms with Crippen molar-refractivity contribution in [3.8, 4) is 5.75 Å². The van der Waals surface area contributed by atoms with E-state index in [1.807, 2.05) is 58.3 Å². The van der Waals surface area contributed by atoms with E-state index in [4.69, 9.17) is 19.2 Å². The molecule has 4 heterocycles. The van der Waals surface area contributed by atoms with Crippen molar-refractivity contribution in [1.29, 1.82) is 0 Å². The molecule has 1 aromatic carbocycles. The number of carbonyl (C=O) groups is 1. The van der Waals surface area contributed by atoms with Gasteiger partial charge in [0, 0.05) is 25.0 Å². The van der Waals surface area contributed by atoms with Crippen molar-refractivity contribution < 1.29 is 19.0 Å². The Morgan fingerprint density at radius 3 is 2.78 bits per heavy atom. The van der Waals surface area contributed by atoms with E-state index in [0.29, 0.717) is 13.2 Å². The van der Waals surface area contributed by atoms with Crippen molar-refractivity contribution >= 4 is 29.4 Å². The number of anilines is 2. The fourth-order valence-electron chi connectivity index (χ4n) is 5.18. The highest BCUT2D eigenvalue weighted by Crippen LogP contribution is 2.43. The molecule has 5 rings (SSSR count). The Bertz CT molecular complexity index is 1080. The van der Waals surface area contributed by atoms with Crippen LogP contribution < -0.4 is 20.3 Å². The number of nitrogens with one attached hydrogen (secondary N) is 2. The molecule has 3 aliphatic rings. The number of fused-ring (bicyclic) bond motifs is 1. The predicted octanol–water partition coefficient (Wildman–Crippen LogP) is 4.33. The third kappa shape index (κ3) is 5.34. The largest absolute Gasteiger partial charge is 0.488 e. The second kappa shape index (κ2) is 9.97. The van der Waals surface area contributed by atoms with Gasteiger partial charge in [-0.05, 0) is 52.7 Å². The summed E-state index contributed by atoms with van der Waals surface area (Å²) in [5, 5.41) is 7.30. The number of amides is 1. The standard InChI is InChI=1S/C26H35N5O4S/c1-17-23(30-24(32)35-25(2,3)4)26(16-34-17)8-11-31(12-9-26)20-14-29-21(15-28-20)36-19-7-5-6-18-22(19)33-13-10-27-18/h5-7,14-15,17,23,27H,8-13,16H2,1-4H3,(H,30,32)/t17-,23+/m0/s1. The van der Waals surface area contributed by atoms with E-state index < -0.39 is 5.60 Å². The quantitative estimate of drug-likeness (QED) is 0.619. The van der Waals surface area contributed by atoms with Crippen LogP contribution in [0.5, 0.6) is 5.75 Å². The van der Waals surface area contributed by atoms with E-state index in [0.717, 1.165) is 59.7 Å². The molecule has 194 valence electrons. The minimum absolute atomic E-state index is 0.0527. The summed E-state index contributed by atoms with van der Waals surface area (Å²) in [5.41, 5.74) is 0.384. The van der Waals surface area contributed by atoms with E-state index in [9.17, 15) is 4.79 Å². The Kier molecular flexibility index (Phi) is 6.91. The zero-order valence-corrected chi connectivity index (χ0v) is 22.2. The predicted molar refractivity (Wildman–Crippen MR) is 139 cm³/mol. The Balaban J connectivity index is 1.21. The van der Waals surface area contributed by atoms with Crippen molar-refractivity contribution in [3.63, 3.8) is 0 Å². The molecule has 2 atom stereocenters. The summed E-state index contributed by atoms with van der Waals surface area (Å²) in [4.78, 5) is 25.2. The first kappa shape index (κ1) is 25.0. The van der Waals surface area contributed by atoms with E-state index in [2.05, 4.69) is 20.5 Å². The number of hydrogen-bond acceptors (Lipinski definition) is 9. The number of hydrogen-bond donors (Lipinski definition) is 2. The number of para-hydroxylation sites is 1. The molecule has 0 radical (unpaired) electrons. The van der Waals surface area contributed by atoms with Gasteiger partial charge in [-0.3, -0.25) is 0 Å². The van der Waals surface area contributed by atoms with Gasteiger partial charge in [0.05, 0.1) is 41.7 Å². The molecule has 0 saturated carbocycles. The second-order valence-electron chi connectivity index (χ2n) is 10.7. The fraction of sp³-hybridized carbons (Fsp3) is 0.577. The first-order valence-corrected chi connectivity index (χ1v) is 13.4. The van der Waals surface area contributed by atoms with Crippen LogP contribution in [0.3, 0.4) is 0 Å². The van der Waals surface area contributed by atoms with Gasteiger partial charge >= 0.3 is 6.09 Å². The summed E-state index contributed by atoms with van der Waals surface area (Å²) < 4.78 is 17.4. The molecular weight excluding hydrogens is 478 g/mol. The van der Waals surface area contributed by atoms with Gasteiger partial charge in [-0.15, -0.1) is 0 Å². The van der Waals surface area contributed by atoms with Gasteiger partial charge in [0.25, 0.3) is 0 Å². The van der Waals surface area contributed by atoms with Gasteiger partial charge in [-0.1, -0.05) is 17.8 Å². The smallest absolute Gasteiger partial charge is 0.407 e. The van der Waals surface area contributed by atoms with Crippen LogP contribution in [0.15, 0.2) is 40.5 Å². The molecular formula is C26H35N5O4S. The maximum absolute atomic E-state index is 12.5. The van der Waals surface area contributed by atoms with Crippen LogP contribution in [-0.2, 0) is 9.47 Å². The topological polar surface area (TPSA) is 97.8 Å². The van der Waals surface area contributed by atoms with Gasteiger partial charge in [-0.2, -0.15) is 0 Å². The highest BCUT2D eigenvalue weighted by Gasteiger charge is 2.50. The molecule has 10 heteroatoms. The van der Waals surface area contributed by atoms with Gasteiger partial charge in [0.1, 0.15) is 23.1 Å². The lowest BCUT2D eigenvalue weighted by atomic mass is 9.73. The number of carbonyl (C=O) groups excluding carboxylic acids is 1. The Morgan fingerprint density at radius 1 is 1.25 bits per heavy atom. The normalized spacial score (nSPS) is 22.9. The number of rotatable bonds is 4. The zero-order valence-electron chi connectivity index (χ0n) is 21.4. The summed E-state index contributed by atoms with van der Waals surface area (Å²) in [6.45, 7) is 11.4. The van der Waals surface area contributed by atoms with Crippen LogP contribution in [0.1, 0.15) is 40.5 Å². The van der Waals surface area contributed by atoms with Crippen molar-refractivity contribution in [2.75, 3.05) is 43.1 Å². The van der Waals surface area contributed by atoms with Crippen molar-refractivity contribution in [2.24, 2.45) is 5.41 Å². The molecule has 0 bridgehead atoms. The average molecular weight is 514 g/mol. The highest BCUT2D eigenvalue weighted by molar-refractivity contribution is 7.99. The van der Waals surface area contributed by atoms with E-state index >= 15 is 0 Å². The maximum Gasteiger partial charge on any atom is 0.407 e.